The van der Waals surface area contributed by atoms with Gasteiger partial charge in [0.15, 0.2) is 0 Å². The number of hydrogen-bond acceptors (Lipinski definition) is 7. The molecule has 0 aliphatic carbocycles. The van der Waals surface area contributed by atoms with Crippen molar-refractivity contribution in [1.29, 1.82) is 5.26 Å². The Kier molecular flexibility index (Phi) is 7.59. The van der Waals surface area contributed by atoms with E-state index in [0.717, 1.165) is 34.3 Å². The van der Waals surface area contributed by atoms with Crippen molar-refractivity contribution in [2.45, 2.75) is 43.9 Å². The number of nitrogens with two attached hydrogens (primary N) is 1. The molecule has 214 valence electrons. The molecule has 2 aliphatic heterocycles. The Morgan fingerprint density at radius 2 is 1.98 bits per heavy atom. The van der Waals surface area contributed by atoms with Crippen LogP contribution in [0.2, 0.25) is 0 Å². The van der Waals surface area contributed by atoms with E-state index in [0.29, 0.717) is 44.0 Å². The van der Waals surface area contributed by atoms with E-state index in [1.165, 1.54) is 0 Å². The molecule has 0 spiro atoms. The fourth-order valence-electron chi connectivity index (χ4n) is 5.57. The molecule has 3 heterocycles. The summed E-state index contributed by atoms with van der Waals surface area (Å²) >= 11 is 0. The molecule has 0 saturated carbocycles. The normalized spacial score (nSPS) is 20.8. The molecular formula is C29H29F3N6O3. The highest BCUT2D eigenvalue weighted by Gasteiger charge is 2.46. The van der Waals surface area contributed by atoms with Crippen LogP contribution in [0.15, 0.2) is 48.7 Å². The number of hydrogen-bond donors (Lipinski definition) is 2. The highest BCUT2D eigenvalue weighted by Crippen LogP contribution is 2.47. The van der Waals surface area contributed by atoms with Gasteiger partial charge in [-0.1, -0.05) is 19.1 Å². The van der Waals surface area contributed by atoms with Gasteiger partial charge in [-0.2, -0.15) is 18.4 Å². The number of carbonyl (C=O) groups is 1. The number of alkyl halides is 3. The minimum atomic E-state index is -4.63. The Morgan fingerprint density at radius 1 is 1.22 bits per heavy atom. The van der Waals surface area contributed by atoms with E-state index in [1.807, 2.05) is 6.07 Å². The van der Waals surface area contributed by atoms with E-state index in [4.69, 9.17) is 15.5 Å². The number of nitriles is 1. The minimum Gasteiger partial charge on any atom is -0.465 e. The molecule has 2 aliphatic rings. The number of anilines is 2. The SMILES string of the molecule is CC[C@]1(N)C[C@H](c2ncc(N3CCOCC3)c(Cc3cccc(C#N)c3)n2)c2cc(C(F)(F)F)ccc2N1C(=O)O. The number of fused-ring (bicyclic) bond motifs is 1. The molecule has 12 heteroatoms. The predicted octanol–water partition coefficient (Wildman–Crippen LogP) is 4.88. The monoisotopic (exact) mass is 566 g/mol. The van der Waals surface area contributed by atoms with Crippen LogP contribution in [0.1, 0.15) is 59.5 Å². The zero-order chi connectivity index (χ0) is 29.4. The first kappa shape index (κ1) is 28.3. The smallest absolute Gasteiger partial charge is 0.416 e. The van der Waals surface area contributed by atoms with Crippen molar-refractivity contribution in [2.75, 3.05) is 36.1 Å². The Bertz CT molecular complexity index is 1500. The van der Waals surface area contributed by atoms with E-state index in [2.05, 4.69) is 16.0 Å². The van der Waals surface area contributed by atoms with Crippen LogP contribution >= 0.6 is 0 Å². The zero-order valence-corrected chi connectivity index (χ0v) is 22.4. The first-order valence-electron chi connectivity index (χ1n) is 13.2. The third-order valence-electron chi connectivity index (χ3n) is 7.73. The highest BCUT2D eigenvalue weighted by atomic mass is 19.4. The summed E-state index contributed by atoms with van der Waals surface area (Å²) in [6.45, 7) is 4.02. The van der Waals surface area contributed by atoms with E-state index in [-0.39, 0.29) is 29.9 Å². The van der Waals surface area contributed by atoms with Gasteiger partial charge in [-0.25, -0.2) is 14.8 Å². The van der Waals surface area contributed by atoms with E-state index in [9.17, 15) is 28.3 Å². The van der Waals surface area contributed by atoms with Gasteiger partial charge in [0.25, 0.3) is 0 Å². The van der Waals surface area contributed by atoms with Gasteiger partial charge in [-0.3, -0.25) is 4.90 Å². The van der Waals surface area contributed by atoms with Crippen LogP contribution in [0, 0.1) is 11.3 Å². The summed E-state index contributed by atoms with van der Waals surface area (Å²) in [4.78, 5) is 24.9. The van der Waals surface area contributed by atoms with Gasteiger partial charge in [0, 0.05) is 25.4 Å². The number of halogens is 3. The van der Waals surface area contributed by atoms with Crippen molar-refractivity contribution in [3.05, 3.63) is 82.4 Å². The molecule has 3 N–H and O–H groups in total. The number of carboxylic acid groups (broad SMARTS) is 1. The molecule has 0 bridgehead atoms. The molecule has 3 aromatic rings. The molecule has 1 saturated heterocycles. The number of morpholine rings is 1. The molecular weight excluding hydrogens is 537 g/mol. The summed E-state index contributed by atoms with van der Waals surface area (Å²) in [5, 5.41) is 19.4. The topological polar surface area (TPSA) is 129 Å². The highest BCUT2D eigenvalue weighted by molar-refractivity contribution is 5.90. The van der Waals surface area contributed by atoms with E-state index < -0.39 is 29.4 Å². The van der Waals surface area contributed by atoms with Gasteiger partial charge in [0.2, 0.25) is 0 Å². The van der Waals surface area contributed by atoms with Crippen molar-refractivity contribution in [3.63, 3.8) is 0 Å². The summed E-state index contributed by atoms with van der Waals surface area (Å²) in [6, 6.07) is 12.3. The van der Waals surface area contributed by atoms with Gasteiger partial charge in [-0.15, -0.1) is 0 Å². The van der Waals surface area contributed by atoms with Crippen LogP contribution < -0.4 is 15.5 Å². The fourth-order valence-corrected chi connectivity index (χ4v) is 5.57. The summed E-state index contributed by atoms with van der Waals surface area (Å²) in [6.07, 6.45) is -3.76. The molecule has 0 unspecified atom stereocenters. The maximum absolute atomic E-state index is 13.8. The van der Waals surface area contributed by atoms with Crippen molar-refractivity contribution in [1.82, 2.24) is 9.97 Å². The number of amides is 1. The number of aromatic nitrogens is 2. The lowest BCUT2D eigenvalue weighted by molar-refractivity contribution is -0.137. The van der Waals surface area contributed by atoms with Crippen molar-refractivity contribution in [2.24, 2.45) is 5.73 Å². The Morgan fingerprint density at radius 3 is 2.63 bits per heavy atom. The lowest BCUT2D eigenvalue weighted by Crippen LogP contribution is -2.61. The number of nitrogens with zero attached hydrogens (tertiary/aromatic N) is 5. The summed E-state index contributed by atoms with van der Waals surface area (Å²) in [5.41, 5.74) is 7.30. The number of ether oxygens (including phenoxy) is 1. The second-order valence-electron chi connectivity index (χ2n) is 10.3. The van der Waals surface area contributed by atoms with Crippen LogP contribution in [0.5, 0.6) is 0 Å². The van der Waals surface area contributed by atoms with Crippen molar-refractivity contribution in [3.8, 4) is 6.07 Å². The Labute approximate surface area is 235 Å². The largest absolute Gasteiger partial charge is 0.465 e. The van der Waals surface area contributed by atoms with Crippen LogP contribution in [0.25, 0.3) is 0 Å². The fraction of sp³-hybridized carbons (Fsp3) is 0.379. The second kappa shape index (κ2) is 11.0. The van der Waals surface area contributed by atoms with E-state index in [1.54, 1.807) is 31.3 Å². The van der Waals surface area contributed by atoms with Gasteiger partial charge >= 0.3 is 12.3 Å². The molecule has 1 aromatic heterocycles. The molecule has 2 atom stereocenters. The maximum Gasteiger partial charge on any atom is 0.416 e. The van der Waals surface area contributed by atoms with Crippen molar-refractivity contribution < 1.29 is 27.8 Å². The van der Waals surface area contributed by atoms with Gasteiger partial charge in [0.1, 0.15) is 11.5 Å². The van der Waals surface area contributed by atoms with E-state index >= 15 is 0 Å². The third-order valence-corrected chi connectivity index (χ3v) is 7.73. The lowest BCUT2D eigenvalue weighted by Gasteiger charge is -2.46. The molecule has 2 aromatic carbocycles. The zero-order valence-electron chi connectivity index (χ0n) is 22.4. The molecule has 1 amide bonds. The van der Waals surface area contributed by atoms with Crippen LogP contribution in [0.3, 0.4) is 0 Å². The first-order valence-corrected chi connectivity index (χ1v) is 13.2. The van der Waals surface area contributed by atoms with Gasteiger partial charge < -0.3 is 20.5 Å². The molecule has 0 radical (unpaired) electrons. The average Bonchev–Trinajstić information content (AvgIpc) is 2.96. The molecule has 41 heavy (non-hydrogen) atoms. The number of rotatable bonds is 5. The van der Waals surface area contributed by atoms with Crippen LogP contribution in [-0.2, 0) is 17.3 Å². The Hall–Kier alpha value is -4.21. The summed E-state index contributed by atoms with van der Waals surface area (Å²) in [5.74, 6) is -0.543. The number of benzene rings is 2. The average molecular weight is 567 g/mol. The van der Waals surface area contributed by atoms with Crippen LogP contribution in [-0.4, -0.2) is 53.1 Å². The second-order valence-corrected chi connectivity index (χ2v) is 10.3. The van der Waals surface area contributed by atoms with Crippen LogP contribution in [0.4, 0.5) is 29.3 Å². The quantitative estimate of drug-likeness (QED) is 0.447. The predicted molar refractivity (Wildman–Crippen MR) is 145 cm³/mol. The van der Waals surface area contributed by atoms with Gasteiger partial charge in [0.05, 0.1) is 53.7 Å². The third kappa shape index (κ3) is 5.55. The van der Waals surface area contributed by atoms with Crippen molar-refractivity contribution >= 4 is 17.5 Å². The standard InChI is InChI=1S/C29H29F3N6O3/c1-2-28(34)15-22(21-14-20(29(30,31)32)6-7-24(21)38(28)27(39)40)26-35-17-25(37-8-10-41-11-9-37)23(36-26)13-18-4-3-5-19(12-18)16-33/h3-7,12,14,17,22H,2,8-11,13,15,34H2,1H3,(H,39,40)/t22-,28+/m0/s1. The minimum absolute atomic E-state index is 0.00955. The molecule has 5 rings (SSSR count). The molecule has 9 nitrogen and oxygen atoms in total. The first-order chi connectivity index (χ1) is 19.5. The Balaban J connectivity index is 1.66. The van der Waals surface area contributed by atoms with Gasteiger partial charge in [-0.05, 0) is 54.3 Å². The maximum atomic E-state index is 13.8. The summed E-state index contributed by atoms with van der Waals surface area (Å²) < 4.78 is 46.8. The summed E-state index contributed by atoms with van der Waals surface area (Å²) in [7, 11) is 0. The molecule has 1 fully saturated rings. The lowest BCUT2D eigenvalue weighted by atomic mass is 9.80.